The van der Waals surface area contributed by atoms with Gasteiger partial charge in [0.2, 0.25) is 5.91 Å². The summed E-state index contributed by atoms with van der Waals surface area (Å²) in [6, 6.07) is 9.78. The van der Waals surface area contributed by atoms with E-state index in [0.29, 0.717) is 5.92 Å². The first-order valence-corrected chi connectivity index (χ1v) is 7.82. The van der Waals surface area contributed by atoms with E-state index in [-0.39, 0.29) is 18.6 Å². The number of hydrogen-bond acceptors (Lipinski definition) is 3. The highest BCUT2D eigenvalue weighted by Crippen LogP contribution is 2.25. The summed E-state index contributed by atoms with van der Waals surface area (Å²) in [6.07, 6.45) is 1.80. The maximum Gasteiger partial charge on any atom is 0.244 e. The Bertz CT molecular complexity index is 441. The van der Waals surface area contributed by atoms with Crippen molar-refractivity contribution in [3.63, 3.8) is 0 Å². The van der Waals surface area contributed by atoms with Crippen LogP contribution in [0.15, 0.2) is 30.3 Å². The van der Waals surface area contributed by atoms with E-state index >= 15 is 0 Å². The number of likely N-dealkylation sites (tertiary alicyclic amines) is 1. The number of hydrogen-bond donors (Lipinski definition) is 1. The zero-order valence-electron chi connectivity index (χ0n) is 13.0. The van der Waals surface area contributed by atoms with E-state index in [4.69, 9.17) is 0 Å². The number of amides is 1. The lowest BCUT2D eigenvalue weighted by molar-refractivity contribution is -0.138. The second-order valence-corrected chi connectivity index (χ2v) is 5.84. The van der Waals surface area contributed by atoms with E-state index in [1.165, 1.54) is 0 Å². The molecule has 116 valence electrons. The largest absolute Gasteiger partial charge is 0.396 e. The molecule has 0 radical (unpaired) electrons. The van der Waals surface area contributed by atoms with Crippen LogP contribution in [-0.4, -0.2) is 54.1 Å². The summed E-state index contributed by atoms with van der Waals surface area (Å²) in [7, 11) is 2.00. The van der Waals surface area contributed by atoms with Crippen LogP contribution in [0.25, 0.3) is 0 Å². The molecule has 4 nitrogen and oxygen atoms in total. The van der Waals surface area contributed by atoms with Crippen molar-refractivity contribution in [1.82, 2.24) is 9.80 Å². The van der Waals surface area contributed by atoms with Crippen molar-refractivity contribution in [3.05, 3.63) is 35.9 Å². The van der Waals surface area contributed by atoms with E-state index in [2.05, 4.69) is 11.8 Å². The lowest BCUT2D eigenvalue weighted by atomic mass is 9.96. The molecule has 1 aromatic rings. The molecular weight excluding hydrogens is 264 g/mol. The molecule has 1 amide bonds. The molecule has 1 aliphatic heterocycles. The Balaban J connectivity index is 2.12. The minimum atomic E-state index is -0.207. The Labute approximate surface area is 127 Å². The molecule has 1 atom stereocenters. The molecule has 1 N–H and O–H groups in total. The highest BCUT2D eigenvalue weighted by molar-refractivity contribution is 5.83. The fraction of sp³-hybridized carbons (Fsp3) is 0.588. The quantitative estimate of drug-likeness (QED) is 0.901. The first-order chi connectivity index (χ1) is 10.2. The zero-order chi connectivity index (χ0) is 15.2. The van der Waals surface area contributed by atoms with Gasteiger partial charge in [-0.2, -0.15) is 0 Å². The molecule has 21 heavy (non-hydrogen) atoms. The van der Waals surface area contributed by atoms with Crippen LogP contribution in [0.4, 0.5) is 0 Å². The zero-order valence-corrected chi connectivity index (χ0v) is 13.0. The molecule has 0 spiro atoms. The molecule has 4 heteroatoms. The Kier molecular flexibility index (Phi) is 5.76. The van der Waals surface area contributed by atoms with Crippen LogP contribution in [0.1, 0.15) is 31.4 Å². The maximum atomic E-state index is 12.9. The summed E-state index contributed by atoms with van der Waals surface area (Å²) in [5, 5.41) is 9.22. The monoisotopic (exact) mass is 290 g/mol. The maximum absolute atomic E-state index is 12.9. The molecule has 0 aliphatic carbocycles. The van der Waals surface area contributed by atoms with Crippen LogP contribution < -0.4 is 0 Å². The van der Waals surface area contributed by atoms with Crippen molar-refractivity contribution in [2.75, 3.05) is 33.3 Å². The van der Waals surface area contributed by atoms with Crippen LogP contribution >= 0.6 is 0 Å². The number of carbonyl (C=O) groups is 1. The van der Waals surface area contributed by atoms with Gasteiger partial charge < -0.3 is 10.0 Å². The van der Waals surface area contributed by atoms with Gasteiger partial charge in [0, 0.05) is 19.7 Å². The normalized spacial score (nSPS) is 18.0. The van der Waals surface area contributed by atoms with E-state index in [1.807, 2.05) is 42.3 Å². The number of benzene rings is 1. The SMILES string of the molecule is CCN(C)C(C(=O)N1CCC(CO)CC1)c1ccccc1. The number of likely N-dealkylation sites (N-methyl/N-ethyl adjacent to an activating group) is 1. The third-order valence-electron chi connectivity index (χ3n) is 4.47. The predicted octanol–water partition coefficient (Wildman–Crippen LogP) is 1.91. The lowest BCUT2D eigenvalue weighted by Gasteiger charge is -2.36. The van der Waals surface area contributed by atoms with E-state index in [9.17, 15) is 9.90 Å². The van der Waals surface area contributed by atoms with E-state index < -0.39 is 0 Å². The van der Waals surface area contributed by atoms with Crippen molar-refractivity contribution >= 4 is 5.91 Å². The van der Waals surface area contributed by atoms with E-state index in [0.717, 1.165) is 38.0 Å². The summed E-state index contributed by atoms with van der Waals surface area (Å²) < 4.78 is 0. The highest BCUT2D eigenvalue weighted by atomic mass is 16.3. The Morgan fingerprint density at radius 2 is 1.95 bits per heavy atom. The van der Waals surface area contributed by atoms with Crippen molar-refractivity contribution in [2.24, 2.45) is 5.92 Å². The molecule has 1 aromatic carbocycles. The number of nitrogens with zero attached hydrogens (tertiary/aromatic N) is 2. The fourth-order valence-corrected chi connectivity index (χ4v) is 2.91. The summed E-state index contributed by atoms with van der Waals surface area (Å²) in [4.78, 5) is 17.0. The molecule has 1 heterocycles. The van der Waals surface area contributed by atoms with E-state index in [1.54, 1.807) is 0 Å². The minimum absolute atomic E-state index is 0.182. The summed E-state index contributed by atoms with van der Waals surface area (Å²) in [6.45, 7) is 4.65. The topological polar surface area (TPSA) is 43.8 Å². The molecular formula is C17H26N2O2. The number of aliphatic hydroxyl groups is 1. The molecule has 1 aliphatic rings. The average Bonchev–Trinajstić information content (AvgIpc) is 2.55. The van der Waals surface area contributed by atoms with Gasteiger partial charge in [-0.05, 0) is 37.9 Å². The minimum Gasteiger partial charge on any atom is -0.396 e. The number of piperidine rings is 1. The second kappa shape index (κ2) is 7.57. The second-order valence-electron chi connectivity index (χ2n) is 5.84. The van der Waals surface area contributed by atoms with Crippen molar-refractivity contribution in [2.45, 2.75) is 25.8 Å². The third-order valence-corrected chi connectivity index (χ3v) is 4.47. The van der Waals surface area contributed by atoms with Gasteiger partial charge in [-0.1, -0.05) is 37.3 Å². The number of rotatable bonds is 5. The summed E-state index contributed by atoms with van der Waals surface area (Å²) in [5.74, 6) is 0.537. The number of carbonyl (C=O) groups excluding carboxylic acids is 1. The first kappa shape index (κ1) is 16.0. The highest BCUT2D eigenvalue weighted by Gasteiger charge is 2.31. The molecule has 1 unspecified atom stereocenters. The van der Waals surface area contributed by atoms with Crippen LogP contribution in [0, 0.1) is 5.92 Å². The number of aliphatic hydroxyl groups excluding tert-OH is 1. The average molecular weight is 290 g/mol. The summed E-state index contributed by atoms with van der Waals surface area (Å²) in [5.41, 5.74) is 1.05. The Morgan fingerprint density at radius 1 is 1.33 bits per heavy atom. The van der Waals surface area contributed by atoms with Gasteiger partial charge in [0.05, 0.1) is 0 Å². The third kappa shape index (κ3) is 3.83. The summed E-state index contributed by atoms with van der Waals surface area (Å²) >= 11 is 0. The molecule has 0 saturated carbocycles. The van der Waals surface area contributed by atoms with Crippen molar-refractivity contribution in [1.29, 1.82) is 0 Å². The molecule has 2 rings (SSSR count). The Morgan fingerprint density at radius 3 is 2.48 bits per heavy atom. The molecule has 0 bridgehead atoms. The predicted molar refractivity (Wildman–Crippen MR) is 83.9 cm³/mol. The van der Waals surface area contributed by atoms with Crippen LogP contribution in [0.5, 0.6) is 0 Å². The van der Waals surface area contributed by atoms with Crippen LogP contribution in [0.3, 0.4) is 0 Å². The van der Waals surface area contributed by atoms with Crippen molar-refractivity contribution in [3.8, 4) is 0 Å². The molecule has 1 saturated heterocycles. The van der Waals surface area contributed by atoms with Gasteiger partial charge in [0.25, 0.3) is 0 Å². The van der Waals surface area contributed by atoms with Crippen LogP contribution in [-0.2, 0) is 4.79 Å². The molecule has 0 aromatic heterocycles. The molecule has 1 fully saturated rings. The van der Waals surface area contributed by atoms with Gasteiger partial charge >= 0.3 is 0 Å². The lowest BCUT2D eigenvalue weighted by Crippen LogP contribution is -2.45. The van der Waals surface area contributed by atoms with Crippen molar-refractivity contribution < 1.29 is 9.90 Å². The standard InChI is InChI=1S/C17H26N2O2/c1-3-18(2)16(15-7-5-4-6-8-15)17(21)19-11-9-14(13-20)10-12-19/h4-8,14,16,20H,3,9-13H2,1-2H3. The van der Waals surface area contributed by atoms with Crippen LogP contribution in [0.2, 0.25) is 0 Å². The van der Waals surface area contributed by atoms with Gasteiger partial charge in [-0.15, -0.1) is 0 Å². The van der Waals surface area contributed by atoms with Gasteiger partial charge in [-0.25, -0.2) is 0 Å². The Hall–Kier alpha value is -1.39. The van der Waals surface area contributed by atoms with Gasteiger partial charge in [0.15, 0.2) is 0 Å². The first-order valence-electron chi connectivity index (χ1n) is 7.82. The fourth-order valence-electron chi connectivity index (χ4n) is 2.91. The van der Waals surface area contributed by atoms with Gasteiger partial charge in [0.1, 0.15) is 6.04 Å². The smallest absolute Gasteiger partial charge is 0.244 e. The van der Waals surface area contributed by atoms with Gasteiger partial charge in [-0.3, -0.25) is 9.69 Å².